The summed E-state index contributed by atoms with van der Waals surface area (Å²) < 4.78 is 30.4. The zero-order valence-electron chi connectivity index (χ0n) is 16.2. The van der Waals surface area contributed by atoms with E-state index in [0.717, 1.165) is 30.5 Å². The zero-order chi connectivity index (χ0) is 20.6. The second-order valence-corrected chi connectivity index (χ2v) is 9.61. The molecule has 1 aromatic heterocycles. The Morgan fingerprint density at radius 3 is 2.66 bits per heavy atom. The molecule has 1 saturated heterocycles. The lowest BCUT2D eigenvalue weighted by atomic mass is 10.1. The highest BCUT2D eigenvalue weighted by molar-refractivity contribution is 7.91. The molecule has 1 aliphatic carbocycles. The van der Waals surface area contributed by atoms with Crippen LogP contribution in [0.5, 0.6) is 0 Å². The van der Waals surface area contributed by atoms with E-state index in [-0.39, 0.29) is 23.5 Å². The Bertz CT molecular complexity index is 1060. The highest BCUT2D eigenvalue weighted by atomic mass is 32.2. The van der Waals surface area contributed by atoms with E-state index in [0.29, 0.717) is 30.0 Å². The molecular weight excluding hydrogens is 394 g/mol. The molecule has 1 fully saturated rings. The fourth-order valence-corrected chi connectivity index (χ4v) is 5.67. The number of hydrogen-bond donors (Lipinski definition) is 1. The largest absolute Gasteiger partial charge is 0.462 e. The summed E-state index contributed by atoms with van der Waals surface area (Å²) in [5.74, 6) is -0.585. The van der Waals surface area contributed by atoms with Crippen LogP contribution >= 0.6 is 0 Å². The Hall–Kier alpha value is -2.68. The number of nitrogens with one attached hydrogen (secondary N) is 1. The first-order valence-electron chi connectivity index (χ1n) is 9.77. The fourth-order valence-electron chi connectivity index (χ4n) is 3.98. The van der Waals surface area contributed by atoms with Crippen LogP contribution in [0, 0.1) is 0 Å². The minimum Gasteiger partial charge on any atom is -0.462 e. The minimum absolute atomic E-state index is 0.0159. The van der Waals surface area contributed by atoms with Crippen molar-refractivity contribution in [3.05, 3.63) is 46.8 Å². The number of carbonyl (C=O) groups is 2. The van der Waals surface area contributed by atoms with Gasteiger partial charge in [0.15, 0.2) is 9.84 Å². The summed E-state index contributed by atoms with van der Waals surface area (Å²) in [7, 11) is -3.09. The van der Waals surface area contributed by atoms with E-state index >= 15 is 0 Å². The Morgan fingerprint density at radius 1 is 1.24 bits per heavy atom. The summed E-state index contributed by atoms with van der Waals surface area (Å²) >= 11 is 0. The van der Waals surface area contributed by atoms with Crippen LogP contribution in [0.2, 0.25) is 0 Å². The molecule has 4 rings (SSSR count). The van der Waals surface area contributed by atoms with Crippen LogP contribution in [0.1, 0.15) is 57.9 Å². The number of aromatic nitrogens is 2. The van der Waals surface area contributed by atoms with E-state index in [1.807, 2.05) is 0 Å². The number of anilines is 1. The molecule has 0 radical (unpaired) electrons. The molecule has 154 valence electrons. The summed E-state index contributed by atoms with van der Waals surface area (Å²) in [6.45, 7) is 2.03. The average molecular weight is 417 g/mol. The van der Waals surface area contributed by atoms with E-state index in [4.69, 9.17) is 4.74 Å². The molecule has 1 aromatic carbocycles. The third-order valence-corrected chi connectivity index (χ3v) is 7.11. The lowest BCUT2D eigenvalue weighted by Gasteiger charge is -2.15. The lowest BCUT2D eigenvalue weighted by Crippen LogP contribution is -2.23. The predicted octanol–water partition coefficient (Wildman–Crippen LogP) is 2.16. The molecule has 29 heavy (non-hydrogen) atoms. The molecule has 9 heteroatoms. The Labute approximate surface area is 169 Å². The number of fused-ring (bicyclic) bond motifs is 1. The molecule has 1 N–H and O–H groups in total. The molecule has 0 unspecified atom stereocenters. The van der Waals surface area contributed by atoms with Crippen LogP contribution in [0.4, 0.5) is 5.69 Å². The third-order valence-electron chi connectivity index (χ3n) is 5.36. The van der Waals surface area contributed by atoms with Crippen molar-refractivity contribution in [2.24, 2.45) is 0 Å². The summed E-state index contributed by atoms with van der Waals surface area (Å²) in [6.07, 6.45) is 2.98. The smallest absolute Gasteiger partial charge is 0.338 e. The molecule has 1 atom stereocenters. The number of sulfone groups is 1. The van der Waals surface area contributed by atoms with Gasteiger partial charge in [-0.25, -0.2) is 13.2 Å². The highest BCUT2D eigenvalue weighted by Crippen LogP contribution is 2.31. The maximum absolute atomic E-state index is 13.1. The van der Waals surface area contributed by atoms with Gasteiger partial charge in [0.25, 0.3) is 5.91 Å². The molecule has 1 aliphatic heterocycles. The van der Waals surface area contributed by atoms with Crippen molar-refractivity contribution in [1.29, 1.82) is 0 Å². The molecule has 8 nitrogen and oxygen atoms in total. The molecule has 2 heterocycles. The molecule has 2 aliphatic rings. The van der Waals surface area contributed by atoms with Gasteiger partial charge in [0.1, 0.15) is 5.69 Å². The van der Waals surface area contributed by atoms with Gasteiger partial charge in [-0.05, 0) is 56.9 Å². The number of aryl methyl sites for hydroxylation is 1. The Kier molecular flexibility index (Phi) is 5.16. The van der Waals surface area contributed by atoms with Gasteiger partial charge in [-0.3, -0.25) is 9.48 Å². The zero-order valence-corrected chi connectivity index (χ0v) is 17.0. The predicted molar refractivity (Wildman–Crippen MR) is 107 cm³/mol. The number of rotatable bonds is 5. The van der Waals surface area contributed by atoms with Crippen LogP contribution in [0.3, 0.4) is 0 Å². The molecule has 0 bridgehead atoms. The minimum atomic E-state index is -3.09. The summed E-state index contributed by atoms with van der Waals surface area (Å²) in [6, 6.07) is 6.17. The second-order valence-electron chi connectivity index (χ2n) is 7.38. The third kappa shape index (κ3) is 3.91. The maximum atomic E-state index is 13.1. The first kappa shape index (κ1) is 19.6. The summed E-state index contributed by atoms with van der Waals surface area (Å²) in [4.78, 5) is 24.8. The van der Waals surface area contributed by atoms with Gasteiger partial charge in [-0.1, -0.05) is 0 Å². The van der Waals surface area contributed by atoms with E-state index in [1.54, 1.807) is 35.9 Å². The van der Waals surface area contributed by atoms with Crippen LogP contribution in [-0.2, 0) is 27.4 Å². The van der Waals surface area contributed by atoms with E-state index in [2.05, 4.69) is 10.4 Å². The van der Waals surface area contributed by atoms with Crippen LogP contribution in [0.25, 0.3) is 0 Å². The second kappa shape index (κ2) is 7.62. The van der Waals surface area contributed by atoms with Crippen molar-refractivity contribution < 1.29 is 22.7 Å². The average Bonchev–Trinajstić information content (AvgIpc) is 3.35. The van der Waals surface area contributed by atoms with Gasteiger partial charge in [0, 0.05) is 11.3 Å². The van der Waals surface area contributed by atoms with Crippen molar-refractivity contribution in [3.63, 3.8) is 0 Å². The van der Waals surface area contributed by atoms with Gasteiger partial charge in [0.05, 0.1) is 35.4 Å². The van der Waals surface area contributed by atoms with Gasteiger partial charge < -0.3 is 10.1 Å². The van der Waals surface area contributed by atoms with Gasteiger partial charge in [-0.15, -0.1) is 0 Å². The Morgan fingerprint density at radius 2 is 2.00 bits per heavy atom. The number of benzene rings is 1. The van der Waals surface area contributed by atoms with Gasteiger partial charge >= 0.3 is 5.97 Å². The summed E-state index contributed by atoms with van der Waals surface area (Å²) in [5.41, 5.74) is 3.20. The maximum Gasteiger partial charge on any atom is 0.338 e. The number of amides is 1. The normalized spacial score (nSPS) is 19.7. The molecular formula is C20H23N3O5S. The SMILES string of the molecule is CCOC(=O)c1ccc(NC(=O)c2c3c(nn2[C@@H]2CCS(=O)(=O)C2)CCC3)cc1. The molecule has 0 spiro atoms. The Balaban J connectivity index is 1.58. The first-order valence-corrected chi connectivity index (χ1v) is 11.6. The van der Waals surface area contributed by atoms with Crippen molar-refractivity contribution in [1.82, 2.24) is 9.78 Å². The van der Waals surface area contributed by atoms with Gasteiger partial charge in [-0.2, -0.15) is 5.10 Å². The molecule has 2 aromatic rings. The van der Waals surface area contributed by atoms with E-state index in [9.17, 15) is 18.0 Å². The van der Waals surface area contributed by atoms with Crippen LogP contribution in [0.15, 0.2) is 24.3 Å². The van der Waals surface area contributed by atoms with Crippen molar-refractivity contribution in [2.45, 2.75) is 38.6 Å². The van der Waals surface area contributed by atoms with Crippen molar-refractivity contribution >= 4 is 27.4 Å². The lowest BCUT2D eigenvalue weighted by molar-refractivity contribution is 0.0526. The van der Waals surface area contributed by atoms with E-state index < -0.39 is 15.8 Å². The standard InChI is InChI=1S/C20H23N3O5S/c1-2-28-20(25)13-6-8-14(9-7-13)21-19(24)18-16-4-3-5-17(16)22-23(18)15-10-11-29(26,27)12-15/h6-9,15H,2-5,10-12H2,1H3,(H,21,24)/t15-/m1/s1. The number of nitrogens with zero attached hydrogens (tertiary/aromatic N) is 2. The molecule has 1 amide bonds. The fraction of sp³-hybridized carbons (Fsp3) is 0.450. The topological polar surface area (TPSA) is 107 Å². The van der Waals surface area contributed by atoms with Crippen LogP contribution in [-0.4, -0.2) is 48.2 Å². The summed E-state index contributed by atoms with van der Waals surface area (Å²) in [5, 5.41) is 7.44. The van der Waals surface area contributed by atoms with Gasteiger partial charge in [0.2, 0.25) is 0 Å². The van der Waals surface area contributed by atoms with Crippen LogP contribution < -0.4 is 5.32 Å². The number of carbonyl (C=O) groups excluding carboxylic acids is 2. The first-order chi connectivity index (χ1) is 13.9. The quantitative estimate of drug-likeness (QED) is 0.747. The monoisotopic (exact) mass is 417 g/mol. The highest BCUT2D eigenvalue weighted by Gasteiger charge is 2.35. The number of esters is 1. The number of ether oxygens (including phenoxy) is 1. The van der Waals surface area contributed by atoms with Crippen molar-refractivity contribution in [3.8, 4) is 0 Å². The van der Waals surface area contributed by atoms with Crippen molar-refractivity contribution in [2.75, 3.05) is 23.4 Å². The number of hydrogen-bond acceptors (Lipinski definition) is 6. The molecule has 0 saturated carbocycles. The van der Waals surface area contributed by atoms with E-state index in [1.165, 1.54) is 0 Å².